The van der Waals surface area contributed by atoms with Gasteiger partial charge in [0.25, 0.3) is 11.8 Å². The number of benzene rings is 1. The maximum absolute atomic E-state index is 12.0. The minimum Gasteiger partial charge on any atom is -0.380 e. The Balaban J connectivity index is 0.000000496. The number of imide groups is 1. The number of amides is 2. The van der Waals surface area contributed by atoms with Gasteiger partial charge in [0.2, 0.25) is 0 Å². The van der Waals surface area contributed by atoms with Gasteiger partial charge in [-0.05, 0) is 38.3 Å². The monoisotopic (exact) mass is 363 g/mol. The zero-order chi connectivity index (χ0) is 18.3. The van der Waals surface area contributed by atoms with Gasteiger partial charge in [-0.15, -0.1) is 0 Å². The van der Waals surface area contributed by atoms with Crippen LogP contribution in [-0.4, -0.2) is 35.5 Å². The van der Waals surface area contributed by atoms with Crippen molar-refractivity contribution in [2.75, 3.05) is 13.2 Å². The quantitative estimate of drug-likeness (QED) is 0.578. The van der Waals surface area contributed by atoms with Crippen LogP contribution in [0.1, 0.15) is 84.0 Å². The van der Waals surface area contributed by atoms with E-state index in [0.717, 1.165) is 13.2 Å². The van der Waals surface area contributed by atoms with Gasteiger partial charge in [0.1, 0.15) is 0 Å². The van der Waals surface area contributed by atoms with E-state index in [1.54, 1.807) is 24.3 Å². The van der Waals surface area contributed by atoms with E-state index in [2.05, 4.69) is 27.7 Å². The summed E-state index contributed by atoms with van der Waals surface area (Å²) in [4.78, 5) is 25.2. The molecule has 0 bridgehead atoms. The van der Waals surface area contributed by atoms with Gasteiger partial charge in [-0.3, -0.25) is 14.5 Å². The summed E-state index contributed by atoms with van der Waals surface area (Å²) in [5.41, 5.74) is 1.40. The Labute approximate surface area is 159 Å². The Bertz CT molecular complexity index is 611. The highest BCUT2D eigenvalue weighted by molar-refractivity contribution is 6.21. The fourth-order valence-electron chi connectivity index (χ4n) is 2.64. The first-order valence-corrected chi connectivity index (χ1v) is 8.44. The van der Waals surface area contributed by atoms with E-state index >= 15 is 0 Å². The summed E-state index contributed by atoms with van der Waals surface area (Å²) in [6.45, 7) is 16.6. The van der Waals surface area contributed by atoms with Crippen molar-refractivity contribution in [1.82, 2.24) is 4.90 Å². The van der Waals surface area contributed by atoms with E-state index in [9.17, 15) is 9.59 Å². The van der Waals surface area contributed by atoms with Crippen LogP contribution in [0.2, 0.25) is 0 Å². The van der Waals surface area contributed by atoms with Crippen LogP contribution >= 0.6 is 0 Å². The zero-order valence-electron chi connectivity index (χ0n) is 15.9. The molecule has 4 heteroatoms. The number of hydrogen-bond acceptors (Lipinski definition) is 3. The van der Waals surface area contributed by atoms with Gasteiger partial charge in [0, 0.05) is 11.0 Å². The standard InChI is InChI=1S/C12H13NO2.C8H16O.2CH4/c1-12(2,3)13-10(14)8-6-4-5-7-9(8)11(13)15;1-7(2,3)8(4)5-9-6-8;;/h4-7H,1-3H3;5-6H2,1-4H3;2*1H4. The molecule has 2 aliphatic rings. The predicted molar refractivity (Wildman–Crippen MR) is 109 cm³/mol. The summed E-state index contributed by atoms with van der Waals surface area (Å²) >= 11 is 0. The van der Waals surface area contributed by atoms with E-state index in [-0.39, 0.29) is 26.7 Å². The molecule has 0 radical (unpaired) electrons. The molecule has 3 rings (SSSR count). The van der Waals surface area contributed by atoms with Crippen LogP contribution in [0.4, 0.5) is 0 Å². The van der Waals surface area contributed by atoms with Crippen molar-refractivity contribution in [3.8, 4) is 0 Å². The number of rotatable bonds is 0. The lowest BCUT2D eigenvalue weighted by molar-refractivity contribution is -0.158. The molecular formula is C22H37NO3. The van der Waals surface area contributed by atoms with Crippen molar-refractivity contribution in [2.45, 2.75) is 68.9 Å². The van der Waals surface area contributed by atoms with Crippen molar-refractivity contribution < 1.29 is 14.3 Å². The molecule has 0 aromatic heterocycles. The summed E-state index contributed by atoms with van der Waals surface area (Å²) in [6, 6.07) is 6.94. The van der Waals surface area contributed by atoms with Gasteiger partial charge >= 0.3 is 0 Å². The molecule has 0 atom stereocenters. The third kappa shape index (κ3) is 4.35. The fraction of sp³-hybridized carbons (Fsp3) is 0.636. The predicted octanol–water partition coefficient (Wildman–Crippen LogP) is 5.42. The number of fused-ring (bicyclic) bond motifs is 1. The Morgan fingerprint density at radius 3 is 1.46 bits per heavy atom. The van der Waals surface area contributed by atoms with Gasteiger partial charge in [0.15, 0.2) is 0 Å². The molecule has 1 fully saturated rings. The number of carbonyl (C=O) groups excluding carboxylic acids is 2. The molecule has 2 aliphatic heterocycles. The van der Waals surface area contributed by atoms with Crippen molar-refractivity contribution in [2.24, 2.45) is 10.8 Å². The lowest BCUT2D eigenvalue weighted by atomic mass is 9.67. The van der Waals surface area contributed by atoms with Crippen molar-refractivity contribution in [3.63, 3.8) is 0 Å². The molecule has 148 valence electrons. The SMILES string of the molecule is C.C.CC(C)(C)C1(C)COC1.CC(C)(C)N1C(=O)c2ccccc2C1=O. The van der Waals surface area contributed by atoms with Crippen LogP contribution < -0.4 is 0 Å². The molecule has 1 saturated heterocycles. The molecule has 2 amide bonds. The first-order chi connectivity index (χ1) is 10.9. The van der Waals surface area contributed by atoms with Gasteiger partial charge in [-0.2, -0.15) is 0 Å². The van der Waals surface area contributed by atoms with E-state index in [1.807, 2.05) is 20.8 Å². The third-order valence-corrected chi connectivity index (χ3v) is 5.12. The molecule has 26 heavy (non-hydrogen) atoms. The summed E-state index contributed by atoms with van der Waals surface area (Å²) in [5, 5.41) is 0. The maximum atomic E-state index is 12.0. The van der Waals surface area contributed by atoms with Crippen LogP contribution in [0.15, 0.2) is 24.3 Å². The summed E-state index contributed by atoms with van der Waals surface area (Å²) in [6.07, 6.45) is 0. The molecule has 2 heterocycles. The zero-order valence-corrected chi connectivity index (χ0v) is 15.9. The molecule has 0 saturated carbocycles. The fourth-order valence-corrected chi connectivity index (χ4v) is 2.64. The minimum atomic E-state index is -0.465. The number of nitrogens with zero attached hydrogens (tertiary/aromatic N) is 1. The lowest BCUT2D eigenvalue weighted by Gasteiger charge is -2.48. The molecular weight excluding hydrogens is 326 g/mol. The highest BCUT2D eigenvalue weighted by Gasteiger charge is 2.43. The Kier molecular flexibility index (Phi) is 7.40. The molecule has 0 aliphatic carbocycles. The third-order valence-electron chi connectivity index (χ3n) is 5.12. The van der Waals surface area contributed by atoms with Crippen LogP contribution in [0.25, 0.3) is 0 Å². The second-order valence-corrected chi connectivity index (χ2v) is 8.97. The average molecular weight is 364 g/mol. The maximum Gasteiger partial charge on any atom is 0.262 e. The van der Waals surface area contributed by atoms with Gasteiger partial charge < -0.3 is 4.74 Å². The second kappa shape index (κ2) is 7.91. The van der Waals surface area contributed by atoms with Crippen molar-refractivity contribution in [3.05, 3.63) is 35.4 Å². The van der Waals surface area contributed by atoms with E-state index in [0.29, 0.717) is 22.0 Å². The summed E-state index contributed by atoms with van der Waals surface area (Å²) in [7, 11) is 0. The largest absolute Gasteiger partial charge is 0.380 e. The van der Waals surface area contributed by atoms with Crippen LogP contribution in [0.5, 0.6) is 0 Å². The van der Waals surface area contributed by atoms with E-state index in [1.165, 1.54) is 4.90 Å². The Morgan fingerprint density at radius 1 is 0.885 bits per heavy atom. The molecule has 4 nitrogen and oxygen atoms in total. The molecule has 0 unspecified atom stereocenters. The number of carbonyl (C=O) groups is 2. The normalized spacial score (nSPS) is 17.9. The van der Waals surface area contributed by atoms with E-state index in [4.69, 9.17) is 4.74 Å². The minimum absolute atomic E-state index is 0. The molecule has 0 N–H and O–H groups in total. The van der Waals surface area contributed by atoms with Crippen molar-refractivity contribution in [1.29, 1.82) is 0 Å². The van der Waals surface area contributed by atoms with Gasteiger partial charge in [-0.25, -0.2) is 0 Å². The average Bonchev–Trinajstić information content (AvgIpc) is 2.68. The Hall–Kier alpha value is -1.68. The summed E-state index contributed by atoms with van der Waals surface area (Å²) < 4.78 is 5.16. The first-order valence-electron chi connectivity index (χ1n) is 8.44. The highest BCUT2D eigenvalue weighted by atomic mass is 16.5. The smallest absolute Gasteiger partial charge is 0.262 e. The molecule has 1 aromatic carbocycles. The van der Waals surface area contributed by atoms with Crippen molar-refractivity contribution >= 4 is 11.8 Å². The summed E-state index contributed by atoms with van der Waals surface area (Å²) in [5.74, 6) is -0.383. The topological polar surface area (TPSA) is 46.6 Å². The van der Waals surface area contributed by atoms with Gasteiger partial charge in [-0.1, -0.05) is 54.7 Å². The highest BCUT2D eigenvalue weighted by Crippen LogP contribution is 2.43. The van der Waals surface area contributed by atoms with Crippen LogP contribution in [-0.2, 0) is 4.74 Å². The lowest BCUT2D eigenvalue weighted by Crippen LogP contribution is -2.49. The van der Waals surface area contributed by atoms with Crippen LogP contribution in [0, 0.1) is 10.8 Å². The molecule has 0 spiro atoms. The van der Waals surface area contributed by atoms with Crippen LogP contribution in [0.3, 0.4) is 0 Å². The first kappa shape index (κ1) is 24.3. The van der Waals surface area contributed by atoms with E-state index < -0.39 is 5.54 Å². The number of ether oxygens (including phenoxy) is 1. The molecule has 1 aromatic rings. The van der Waals surface area contributed by atoms with Gasteiger partial charge in [0.05, 0.1) is 24.3 Å². The Morgan fingerprint density at radius 2 is 1.27 bits per heavy atom. The number of hydrogen-bond donors (Lipinski definition) is 0. The second-order valence-electron chi connectivity index (χ2n) is 8.97.